The first-order valence-electron chi connectivity index (χ1n) is 6.83. The van der Waals surface area contributed by atoms with Crippen LogP contribution >= 0.6 is 0 Å². The van der Waals surface area contributed by atoms with Gasteiger partial charge in [-0.25, -0.2) is 15.0 Å². The number of nitrogens with zero attached hydrogens (tertiary/aromatic N) is 4. The van der Waals surface area contributed by atoms with Gasteiger partial charge in [0.15, 0.2) is 0 Å². The lowest BCUT2D eigenvalue weighted by atomic mass is 10.3. The first-order valence-corrected chi connectivity index (χ1v) is 6.83. The van der Waals surface area contributed by atoms with E-state index in [-0.39, 0.29) is 0 Å². The van der Waals surface area contributed by atoms with Gasteiger partial charge in [0.2, 0.25) is 5.88 Å². The number of hydrogen-bond donors (Lipinski definition) is 0. The zero-order chi connectivity index (χ0) is 14.7. The summed E-state index contributed by atoms with van der Waals surface area (Å²) in [7, 11) is 1.95. The molecule has 0 aliphatic heterocycles. The maximum absolute atomic E-state index is 5.59. The Bertz CT molecular complexity index is 792. The Balaban J connectivity index is 2.05. The highest BCUT2D eigenvalue weighted by Gasteiger charge is 2.07. The van der Waals surface area contributed by atoms with Crippen molar-refractivity contribution in [2.45, 2.75) is 6.92 Å². The lowest BCUT2D eigenvalue weighted by molar-refractivity contribution is 0.326. The number of imidazole rings is 1. The van der Waals surface area contributed by atoms with Crippen LogP contribution < -0.4 is 4.74 Å². The summed E-state index contributed by atoms with van der Waals surface area (Å²) in [4.78, 5) is 13.4. The molecule has 0 saturated heterocycles. The van der Waals surface area contributed by atoms with Gasteiger partial charge in [-0.15, -0.1) is 0 Å². The van der Waals surface area contributed by atoms with Gasteiger partial charge < -0.3 is 9.30 Å². The predicted octanol–water partition coefficient (Wildman–Crippen LogP) is 2.93. The van der Waals surface area contributed by atoms with Gasteiger partial charge in [0.1, 0.15) is 11.5 Å². The van der Waals surface area contributed by atoms with Crippen molar-refractivity contribution >= 4 is 23.2 Å². The molecule has 0 radical (unpaired) electrons. The maximum atomic E-state index is 5.59. The number of benzene rings is 1. The van der Waals surface area contributed by atoms with Crippen LogP contribution in [-0.2, 0) is 7.05 Å². The van der Waals surface area contributed by atoms with Crippen molar-refractivity contribution < 1.29 is 4.74 Å². The van der Waals surface area contributed by atoms with E-state index in [0.29, 0.717) is 18.2 Å². The standard InChI is InChI=1S/C16H16N4O/c1-3-21-16-14(8-9-15-17-10-11-20(15)2)18-12-6-4-5-7-13(12)19-16/h4-11H,3H2,1-2H3/b9-8+. The highest BCUT2D eigenvalue weighted by molar-refractivity contribution is 5.78. The molecular weight excluding hydrogens is 264 g/mol. The summed E-state index contributed by atoms with van der Waals surface area (Å²) >= 11 is 0. The minimum atomic E-state index is 0.543. The fourth-order valence-corrected chi connectivity index (χ4v) is 2.04. The van der Waals surface area contributed by atoms with E-state index in [1.54, 1.807) is 6.20 Å². The van der Waals surface area contributed by atoms with E-state index in [0.717, 1.165) is 16.9 Å². The van der Waals surface area contributed by atoms with Crippen LogP contribution in [0.4, 0.5) is 0 Å². The molecule has 5 heteroatoms. The molecule has 21 heavy (non-hydrogen) atoms. The van der Waals surface area contributed by atoms with Gasteiger partial charge in [-0.2, -0.15) is 0 Å². The Hall–Kier alpha value is -2.69. The second kappa shape index (κ2) is 5.75. The quantitative estimate of drug-likeness (QED) is 0.737. The molecule has 0 aliphatic rings. The molecule has 5 nitrogen and oxygen atoms in total. The van der Waals surface area contributed by atoms with Crippen molar-refractivity contribution in [3.63, 3.8) is 0 Å². The number of hydrogen-bond acceptors (Lipinski definition) is 4. The van der Waals surface area contributed by atoms with Crippen LogP contribution in [0.15, 0.2) is 36.7 Å². The lowest BCUT2D eigenvalue weighted by Crippen LogP contribution is -2.00. The monoisotopic (exact) mass is 280 g/mol. The van der Waals surface area contributed by atoms with Crippen LogP contribution in [0.25, 0.3) is 23.2 Å². The molecular formula is C16H16N4O. The van der Waals surface area contributed by atoms with Gasteiger partial charge in [0, 0.05) is 19.4 Å². The van der Waals surface area contributed by atoms with Crippen molar-refractivity contribution in [2.24, 2.45) is 7.05 Å². The molecule has 2 aromatic heterocycles. The Kier molecular flexibility index (Phi) is 3.64. The highest BCUT2D eigenvalue weighted by atomic mass is 16.5. The third-order valence-electron chi connectivity index (χ3n) is 3.09. The summed E-state index contributed by atoms with van der Waals surface area (Å²) in [5.41, 5.74) is 2.38. The summed E-state index contributed by atoms with van der Waals surface area (Å²) in [5, 5.41) is 0. The summed E-state index contributed by atoms with van der Waals surface area (Å²) in [5.74, 6) is 1.40. The van der Waals surface area contributed by atoms with E-state index >= 15 is 0 Å². The lowest BCUT2D eigenvalue weighted by Gasteiger charge is -2.07. The first-order chi connectivity index (χ1) is 10.3. The number of para-hydroxylation sites is 2. The molecule has 0 amide bonds. The number of rotatable bonds is 4. The fourth-order valence-electron chi connectivity index (χ4n) is 2.04. The zero-order valence-electron chi connectivity index (χ0n) is 12.0. The van der Waals surface area contributed by atoms with E-state index in [1.165, 1.54) is 0 Å². The molecule has 3 aromatic rings. The molecule has 0 bridgehead atoms. The number of ether oxygens (including phenoxy) is 1. The predicted molar refractivity (Wildman–Crippen MR) is 82.8 cm³/mol. The minimum Gasteiger partial charge on any atom is -0.476 e. The summed E-state index contributed by atoms with van der Waals surface area (Å²) in [6.45, 7) is 2.49. The second-order valence-electron chi connectivity index (χ2n) is 4.57. The van der Waals surface area contributed by atoms with Crippen molar-refractivity contribution in [1.82, 2.24) is 19.5 Å². The molecule has 0 atom stereocenters. The molecule has 106 valence electrons. The minimum absolute atomic E-state index is 0.543. The molecule has 0 unspecified atom stereocenters. The van der Waals surface area contributed by atoms with Gasteiger partial charge in [-0.05, 0) is 31.2 Å². The van der Waals surface area contributed by atoms with Crippen molar-refractivity contribution in [1.29, 1.82) is 0 Å². The van der Waals surface area contributed by atoms with Crippen molar-refractivity contribution in [2.75, 3.05) is 6.61 Å². The summed E-state index contributed by atoms with van der Waals surface area (Å²) in [6.07, 6.45) is 7.44. The topological polar surface area (TPSA) is 52.8 Å². The third kappa shape index (κ3) is 2.76. The largest absolute Gasteiger partial charge is 0.476 e. The average molecular weight is 280 g/mol. The van der Waals surface area contributed by atoms with E-state index in [2.05, 4.69) is 15.0 Å². The number of aryl methyl sites for hydroxylation is 1. The van der Waals surface area contributed by atoms with Gasteiger partial charge in [0.25, 0.3) is 0 Å². The van der Waals surface area contributed by atoms with Crippen LogP contribution in [0.2, 0.25) is 0 Å². The molecule has 0 aliphatic carbocycles. The second-order valence-corrected chi connectivity index (χ2v) is 4.57. The fraction of sp³-hybridized carbons (Fsp3) is 0.188. The number of aromatic nitrogens is 4. The smallest absolute Gasteiger partial charge is 0.240 e. The Labute approximate surface area is 122 Å². The third-order valence-corrected chi connectivity index (χ3v) is 3.09. The van der Waals surface area contributed by atoms with Crippen LogP contribution in [0.1, 0.15) is 18.4 Å². The van der Waals surface area contributed by atoms with E-state index in [1.807, 2.05) is 61.2 Å². The number of fused-ring (bicyclic) bond motifs is 1. The SMILES string of the molecule is CCOc1nc2ccccc2nc1/C=C/c1nccn1C. The molecule has 0 N–H and O–H groups in total. The molecule has 0 spiro atoms. The summed E-state index contributed by atoms with van der Waals surface area (Å²) in [6, 6.07) is 7.76. The van der Waals surface area contributed by atoms with Crippen LogP contribution in [-0.4, -0.2) is 26.1 Å². The Morgan fingerprint density at radius 3 is 2.57 bits per heavy atom. The van der Waals surface area contributed by atoms with Crippen molar-refractivity contribution in [3.8, 4) is 5.88 Å². The van der Waals surface area contributed by atoms with Gasteiger partial charge in [-0.1, -0.05) is 12.1 Å². The van der Waals surface area contributed by atoms with Crippen molar-refractivity contribution in [3.05, 3.63) is 48.2 Å². The van der Waals surface area contributed by atoms with E-state index in [9.17, 15) is 0 Å². The van der Waals surface area contributed by atoms with Crippen LogP contribution in [0.3, 0.4) is 0 Å². The van der Waals surface area contributed by atoms with Crippen LogP contribution in [0, 0.1) is 0 Å². The molecule has 2 heterocycles. The average Bonchev–Trinajstić information content (AvgIpc) is 2.90. The molecule has 0 fully saturated rings. The van der Waals surface area contributed by atoms with Gasteiger partial charge >= 0.3 is 0 Å². The maximum Gasteiger partial charge on any atom is 0.240 e. The van der Waals surface area contributed by atoms with Gasteiger partial charge in [0.05, 0.1) is 17.6 Å². The van der Waals surface area contributed by atoms with Crippen LogP contribution in [0.5, 0.6) is 5.88 Å². The first kappa shape index (κ1) is 13.3. The normalized spacial score (nSPS) is 11.3. The molecule has 3 rings (SSSR count). The summed E-state index contributed by atoms with van der Waals surface area (Å²) < 4.78 is 7.53. The Morgan fingerprint density at radius 2 is 1.90 bits per heavy atom. The van der Waals surface area contributed by atoms with E-state index in [4.69, 9.17) is 4.74 Å². The highest BCUT2D eigenvalue weighted by Crippen LogP contribution is 2.20. The molecule has 1 aromatic carbocycles. The van der Waals surface area contributed by atoms with E-state index < -0.39 is 0 Å². The molecule has 0 saturated carbocycles. The zero-order valence-corrected chi connectivity index (χ0v) is 12.0. The Morgan fingerprint density at radius 1 is 1.14 bits per heavy atom. The van der Waals surface area contributed by atoms with Gasteiger partial charge in [-0.3, -0.25) is 0 Å².